The normalized spacial score (nSPS) is 13.4. The molecule has 0 saturated carbocycles. The van der Waals surface area contributed by atoms with Crippen LogP contribution in [0.2, 0.25) is 0 Å². The molecule has 0 spiro atoms. The minimum atomic E-state index is -1.02. The van der Waals surface area contributed by atoms with Gasteiger partial charge in [-0.2, -0.15) is 0 Å². The Morgan fingerprint density at radius 3 is 2.63 bits per heavy atom. The maximum Gasteiger partial charge on any atom is 0.326 e. The molecular weight excluding hydrogens is 246 g/mol. The average molecular weight is 265 g/mol. The van der Waals surface area contributed by atoms with E-state index < -0.39 is 17.9 Å². The standard InChI is InChI=1S/C14H19NO4/c1-4-12(14(17)18)15-13(16)9(2)10-6-5-7-11(8-10)19-3/h5-9,12H,4H2,1-3H3,(H,15,16)(H,17,18). The molecule has 19 heavy (non-hydrogen) atoms. The molecule has 1 amide bonds. The van der Waals surface area contributed by atoms with E-state index in [0.29, 0.717) is 12.2 Å². The van der Waals surface area contributed by atoms with Crippen molar-refractivity contribution in [2.75, 3.05) is 7.11 Å². The third-order valence-electron chi connectivity index (χ3n) is 3.01. The second kappa shape index (κ2) is 6.78. The third kappa shape index (κ3) is 3.98. The predicted molar refractivity (Wildman–Crippen MR) is 71.3 cm³/mol. The zero-order valence-corrected chi connectivity index (χ0v) is 11.3. The summed E-state index contributed by atoms with van der Waals surface area (Å²) < 4.78 is 5.10. The van der Waals surface area contributed by atoms with Gasteiger partial charge >= 0.3 is 5.97 Å². The first-order valence-electron chi connectivity index (χ1n) is 6.16. The maximum atomic E-state index is 12.0. The molecule has 2 atom stereocenters. The quantitative estimate of drug-likeness (QED) is 0.822. The van der Waals surface area contributed by atoms with Gasteiger partial charge in [0.1, 0.15) is 11.8 Å². The van der Waals surface area contributed by atoms with Gasteiger partial charge in [0.05, 0.1) is 13.0 Å². The number of carboxylic acid groups (broad SMARTS) is 1. The first-order chi connectivity index (χ1) is 8.99. The minimum Gasteiger partial charge on any atom is -0.497 e. The molecule has 2 unspecified atom stereocenters. The molecule has 0 fully saturated rings. The molecule has 0 radical (unpaired) electrons. The first kappa shape index (κ1) is 15.0. The van der Waals surface area contributed by atoms with Crippen LogP contribution >= 0.6 is 0 Å². The van der Waals surface area contributed by atoms with Crippen molar-refractivity contribution in [3.63, 3.8) is 0 Å². The topological polar surface area (TPSA) is 75.6 Å². The van der Waals surface area contributed by atoms with Gasteiger partial charge in [-0.1, -0.05) is 19.1 Å². The van der Waals surface area contributed by atoms with Gasteiger partial charge in [0.15, 0.2) is 0 Å². The molecule has 1 aromatic carbocycles. The second-order valence-corrected chi connectivity index (χ2v) is 4.31. The molecule has 5 heteroatoms. The SMILES string of the molecule is CCC(NC(=O)C(C)c1cccc(OC)c1)C(=O)O. The average Bonchev–Trinajstić information content (AvgIpc) is 2.43. The van der Waals surface area contributed by atoms with Crippen molar-refractivity contribution < 1.29 is 19.4 Å². The largest absolute Gasteiger partial charge is 0.497 e. The Hall–Kier alpha value is -2.04. The highest BCUT2D eigenvalue weighted by molar-refractivity contribution is 5.87. The molecule has 1 rings (SSSR count). The van der Waals surface area contributed by atoms with Crippen molar-refractivity contribution in [3.05, 3.63) is 29.8 Å². The molecule has 104 valence electrons. The van der Waals surface area contributed by atoms with Gasteiger partial charge < -0.3 is 15.2 Å². The van der Waals surface area contributed by atoms with Gasteiger partial charge in [0.25, 0.3) is 0 Å². The van der Waals surface area contributed by atoms with Crippen LogP contribution in [0.3, 0.4) is 0 Å². The van der Waals surface area contributed by atoms with Crippen LogP contribution < -0.4 is 10.1 Å². The van der Waals surface area contributed by atoms with Crippen LogP contribution in [0, 0.1) is 0 Å². The second-order valence-electron chi connectivity index (χ2n) is 4.31. The number of amides is 1. The Balaban J connectivity index is 2.78. The summed E-state index contributed by atoms with van der Waals surface area (Å²) in [5.41, 5.74) is 0.789. The Morgan fingerprint density at radius 1 is 1.42 bits per heavy atom. The number of carbonyl (C=O) groups is 2. The van der Waals surface area contributed by atoms with Crippen LogP contribution in [0.5, 0.6) is 5.75 Å². The van der Waals surface area contributed by atoms with E-state index in [0.717, 1.165) is 5.56 Å². The van der Waals surface area contributed by atoms with E-state index in [4.69, 9.17) is 9.84 Å². The van der Waals surface area contributed by atoms with Crippen molar-refractivity contribution >= 4 is 11.9 Å². The molecule has 0 bridgehead atoms. The number of hydrogen-bond acceptors (Lipinski definition) is 3. The molecule has 0 aliphatic rings. The van der Waals surface area contributed by atoms with Crippen molar-refractivity contribution in [2.45, 2.75) is 32.2 Å². The number of benzene rings is 1. The van der Waals surface area contributed by atoms with Crippen molar-refractivity contribution in [1.82, 2.24) is 5.32 Å². The molecule has 0 aliphatic carbocycles. The lowest BCUT2D eigenvalue weighted by molar-refractivity contribution is -0.142. The first-order valence-corrected chi connectivity index (χ1v) is 6.16. The lowest BCUT2D eigenvalue weighted by Crippen LogP contribution is -2.42. The van der Waals surface area contributed by atoms with E-state index in [1.54, 1.807) is 39.2 Å². The predicted octanol–water partition coefficient (Wildman–Crippen LogP) is 1.78. The van der Waals surface area contributed by atoms with E-state index in [9.17, 15) is 9.59 Å². The maximum absolute atomic E-state index is 12.0. The summed E-state index contributed by atoms with van der Waals surface area (Å²) >= 11 is 0. The van der Waals surface area contributed by atoms with Crippen LogP contribution in [0.4, 0.5) is 0 Å². The highest BCUT2D eigenvalue weighted by atomic mass is 16.5. The van der Waals surface area contributed by atoms with Gasteiger partial charge in [-0.15, -0.1) is 0 Å². The van der Waals surface area contributed by atoms with Gasteiger partial charge in [-0.3, -0.25) is 4.79 Å². The summed E-state index contributed by atoms with van der Waals surface area (Å²) in [7, 11) is 1.56. The molecule has 1 aromatic rings. The molecule has 0 saturated heterocycles. The fourth-order valence-electron chi connectivity index (χ4n) is 1.70. The lowest BCUT2D eigenvalue weighted by Gasteiger charge is -2.17. The molecule has 0 heterocycles. The Labute approximate surface area is 112 Å². The van der Waals surface area contributed by atoms with Crippen molar-refractivity contribution in [3.8, 4) is 5.75 Å². The molecule has 0 aromatic heterocycles. The summed E-state index contributed by atoms with van der Waals surface area (Å²) in [6.07, 6.45) is 0.353. The number of aliphatic carboxylic acids is 1. The van der Waals surface area contributed by atoms with E-state index in [2.05, 4.69) is 5.32 Å². The fraction of sp³-hybridized carbons (Fsp3) is 0.429. The zero-order chi connectivity index (χ0) is 14.4. The molecule has 0 aliphatic heterocycles. The van der Waals surface area contributed by atoms with E-state index in [-0.39, 0.29) is 5.91 Å². The number of hydrogen-bond donors (Lipinski definition) is 2. The smallest absolute Gasteiger partial charge is 0.326 e. The third-order valence-corrected chi connectivity index (χ3v) is 3.01. The van der Waals surface area contributed by atoms with E-state index >= 15 is 0 Å². The van der Waals surface area contributed by atoms with Crippen LogP contribution in [-0.4, -0.2) is 30.1 Å². The zero-order valence-electron chi connectivity index (χ0n) is 11.3. The monoisotopic (exact) mass is 265 g/mol. The summed E-state index contributed by atoms with van der Waals surface area (Å²) in [4.78, 5) is 22.9. The highest BCUT2D eigenvalue weighted by Gasteiger charge is 2.22. The van der Waals surface area contributed by atoms with E-state index in [1.807, 2.05) is 6.07 Å². The molecule has 2 N–H and O–H groups in total. The summed E-state index contributed by atoms with van der Waals surface area (Å²) in [6, 6.07) is 6.33. The number of methoxy groups -OCH3 is 1. The lowest BCUT2D eigenvalue weighted by atomic mass is 9.99. The molecule has 5 nitrogen and oxygen atoms in total. The van der Waals surface area contributed by atoms with Gasteiger partial charge in [-0.25, -0.2) is 4.79 Å². The molecular formula is C14H19NO4. The van der Waals surface area contributed by atoms with Crippen LogP contribution in [0.25, 0.3) is 0 Å². The number of rotatable bonds is 6. The summed E-state index contributed by atoms with van der Waals surface area (Å²) in [5, 5.41) is 11.4. The van der Waals surface area contributed by atoms with Crippen LogP contribution in [-0.2, 0) is 9.59 Å². The Morgan fingerprint density at radius 2 is 2.11 bits per heavy atom. The van der Waals surface area contributed by atoms with Gasteiger partial charge in [0.2, 0.25) is 5.91 Å². The Kier molecular flexibility index (Phi) is 5.36. The van der Waals surface area contributed by atoms with Gasteiger partial charge in [0, 0.05) is 0 Å². The number of ether oxygens (including phenoxy) is 1. The summed E-state index contributed by atoms with van der Waals surface area (Å²) in [5.74, 6) is -1.08. The van der Waals surface area contributed by atoms with Crippen LogP contribution in [0.1, 0.15) is 31.7 Å². The number of carbonyl (C=O) groups excluding carboxylic acids is 1. The van der Waals surface area contributed by atoms with Crippen LogP contribution in [0.15, 0.2) is 24.3 Å². The van der Waals surface area contributed by atoms with Crippen molar-refractivity contribution in [1.29, 1.82) is 0 Å². The number of carboxylic acids is 1. The van der Waals surface area contributed by atoms with E-state index in [1.165, 1.54) is 0 Å². The highest BCUT2D eigenvalue weighted by Crippen LogP contribution is 2.20. The fourth-order valence-corrected chi connectivity index (χ4v) is 1.70. The van der Waals surface area contributed by atoms with Crippen molar-refractivity contribution in [2.24, 2.45) is 0 Å². The summed E-state index contributed by atoms with van der Waals surface area (Å²) in [6.45, 7) is 3.45. The minimum absolute atomic E-state index is 0.303. The van der Waals surface area contributed by atoms with Gasteiger partial charge in [-0.05, 0) is 31.0 Å². The Bertz CT molecular complexity index is 459. The number of nitrogens with one attached hydrogen (secondary N) is 1.